The van der Waals surface area contributed by atoms with Crippen molar-refractivity contribution in [2.24, 2.45) is 0 Å². The van der Waals surface area contributed by atoms with Gasteiger partial charge in [0.2, 0.25) is 5.91 Å². The number of halogens is 1. The summed E-state index contributed by atoms with van der Waals surface area (Å²) in [5.74, 6) is -0.129. The zero-order chi connectivity index (χ0) is 20.8. The number of amides is 1. The Kier molecular flexibility index (Phi) is 6.40. The highest BCUT2D eigenvalue weighted by molar-refractivity contribution is 7.10. The van der Waals surface area contributed by atoms with Crippen molar-refractivity contribution in [3.63, 3.8) is 0 Å². The quantitative estimate of drug-likeness (QED) is 0.370. The van der Waals surface area contributed by atoms with Gasteiger partial charge in [0.15, 0.2) is 0 Å². The van der Waals surface area contributed by atoms with Crippen molar-refractivity contribution in [3.05, 3.63) is 118 Å². The summed E-state index contributed by atoms with van der Waals surface area (Å²) in [5.41, 5.74) is 3.18. The van der Waals surface area contributed by atoms with Crippen LogP contribution < -0.4 is 0 Å². The second-order valence-electron chi connectivity index (χ2n) is 7.25. The number of carbonyl (C=O) groups excluding carboxylic acids is 1. The minimum atomic E-state index is -0.236. The Labute approximate surface area is 180 Å². The zero-order valence-corrected chi connectivity index (χ0v) is 17.4. The lowest BCUT2D eigenvalue weighted by Crippen LogP contribution is -2.32. The van der Waals surface area contributed by atoms with Gasteiger partial charge < -0.3 is 9.47 Å². The Hall–Kier alpha value is -3.18. The number of hydrogen-bond acceptors (Lipinski definition) is 2. The highest BCUT2D eigenvalue weighted by Gasteiger charge is 2.17. The van der Waals surface area contributed by atoms with E-state index in [4.69, 9.17) is 0 Å². The summed E-state index contributed by atoms with van der Waals surface area (Å²) in [4.78, 5) is 16.1. The normalized spacial score (nSPS) is 10.8. The molecular weight excluding hydrogens is 395 g/mol. The number of rotatable bonds is 8. The molecule has 0 aliphatic carbocycles. The van der Waals surface area contributed by atoms with E-state index in [0.29, 0.717) is 26.1 Å². The van der Waals surface area contributed by atoms with E-state index in [2.05, 4.69) is 4.57 Å². The van der Waals surface area contributed by atoms with Crippen LogP contribution in [0.3, 0.4) is 0 Å². The molecule has 2 aromatic heterocycles. The summed E-state index contributed by atoms with van der Waals surface area (Å²) < 4.78 is 15.3. The number of aromatic nitrogens is 1. The molecule has 1 amide bonds. The van der Waals surface area contributed by atoms with E-state index in [9.17, 15) is 9.18 Å². The van der Waals surface area contributed by atoms with E-state index in [1.807, 2.05) is 71.1 Å². The van der Waals surface area contributed by atoms with Gasteiger partial charge in [-0.3, -0.25) is 4.79 Å². The molecule has 0 spiro atoms. The highest BCUT2D eigenvalue weighted by Crippen LogP contribution is 2.17. The summed E-state index contributed by atoms with van der Waals surface area (Å²) in [6.45, 7) is 1.72. The van der Waals surface area contributed by atoms with E-state index < -0.39 is 0 Å². The van der Waals surface area contributed by atoms with Gasteiger partial charge in [0.1, 0.15) is 5.82 Å². The topological polar surface area (TPSA) is 25.2 Å². The fourth-order valence-electron chi connectivity index (χ4n) is 3.44. The van der Waals surface area contributed by atoms with Gasteiger partial charge in [-0.1, -0.05) is 48.5 Å². The van der Waals surface area contributed by atoms with Crippen LogP contribution in [0, 0.1) is 5.82 Å². The number of carbonyl (C=O) groups is 1. The molecule has 30 heavy (non-hydrogen) atoms. The van der Waals surface area contributed by atoms with E-state index in [1.54, 1.807) is 23.5 Å². The number of hydrogen-bond donors (Lipinski definition) is 0. The molecular formula is C25H23FN2OS. The summed E-state index contributed by atoms with van der Waals surface area (Å²) in [5, 5.41) is 2.00. The first-order chi connectivity index (χ1) is 14.7. The van der Waals surface area contributed by atoms with Crippen LogP contribution in [0.1, 0.15) is 21.7 Å². The first-order valence-electron chi connectivity index (χ1n) is 9.90. The van der Waals surface area contributed by atoms with Gasteiger partial charge in [0, 0.05) is 29.9 Å². The van der Waals surface area contributed by atoms with Crippen LogP contribution in [0.25, 0.3) is 0 Å². The molecule has 0 aliphatic heterocycles. The maximum atomic E-state index is 13.2. The van der Waals surface area contributed by atoms with Crippen LogP contribution in [0.2, 0.25) is 0 Å². The SMILES string of the molecule is O=C(Cc1cccs1)N(Cc1ccccc1)Cc1cccn1Cc1ccc(F)cc1. The second-order valence-corrected chi connectivity index (χ2v) is 8.28. The van der Waals surface area contributed by atoms with Crippen LogP contribution in [-0.2, 0) is 30.8 Å². The van der Waals surface area contributed by atoms with Crippen molar-refractivity contribution in [1.82, 2.24) is 9.47 Å². The largest absolute Gasteiger partial charge is 0.345 e. The molecule has 0 fully saturated rings. The fourth-order valence-corrected chi connectivity index (χ4v) is 4.14. The average molecular weight is 419 g/mol. The molecule has 0 radical (unpaired) electrons. The van der Waals surface area contributed by atoms with Gasteiger partial charge in [-0.2, -0.15) is 0 Å². The molecule has 5 heteroatoms. The molecule has 0 atom stereocenters. The van der Waals surface area contributed by atoms with Gasteiger partial charge >= 0.3 is 0 Å². The standard InChI is InChI=1S/C25H23FN2OS/c26-22-12-10-21(11-13-22)17-27-14-4-8-23(27)19-28(18-20-6-2-1-3-7-20)25(29)16-24-9-5-15-30-24/h1-15H,16-19H2. The Morgan fingerprint density at radius 2 is 1.67 bits per heavy atom. The summed E-state index contributed by atoms with van der Waals surface area (Å²) in [6, 6.07) is 24.6. The van der Waals surface area contributed by atoms with Crippen molar-refractivity contribution in [1.29, 1.82) is 0 Å². The fraction of sp³-hybridized carbons (Fsp3) is 0.160. The first-order valence-corrected chi connectivity index (χ1v) is 10.8. The van der Waals surface area contributed by atoms with Crippen LogP contribution in [-0.4, -0.2) is 15.4 Å². The minimum absolute atomic E-state index is 0.107. The lowest BCUT2D eigenvalue weighted by molar-refractivity contribution is -0.131. The van der Waals surface area contributed by atoms with Crippen molar-refractivity contribution >= 4 is 17.2 Å². The van der Waals surface area contributed by atoms with E-state index >= 15 is 0 Å². The molecule has 152 valence electrons. The predicted octanol–water partition coefficient (Wildman–Crippen LogP) is 5.51. The molecule has 4 aromatic rings. The molecule has 2 heterocycles. The van der Waals surface area contributed by atoms with Crippen LogP contribution in [0.4, 0.5) is 4.39 Å². The molecule has 2 aromatic carbocycles. The highest BCUT2D eigenvalue weighted by atomic mass is 32.1. The maximum absolute atomic E-state index is 13.2. The lowest BCUT2D eigenvalue weighted by Gasteiger charge is -2.24. The first kappa shape index (κ1) is 20.1. The number of nitrogens with zero attached hydrogens (tertiary/aromatic N) is 2. The predicted molar refractivity (Wildman–Crippen MR) is 119 cm³/mol. The molecule has 0 unspecified atom stereocenters. The molecule has 0 aliphatic rings. The van der Waals surface area contributed by atoms with Gasteiger partial charge in [-0.15, -0.1) is 11.3 Å². The number of benzene rings is 2. The van der Waals surface area contributed by atoms with Crippen LogP contribution in [0.15, 0.2) is 90.4 Å². The molecule has 0 bridgehead atoms. The van der Waals surface area contributed by atoms with Gasteiger partial charge in [-0.25, -0.2) is 4.39 Å². The van der Waals surface area contributed by atoms with Gasteiger partial charge in [-0.05, 0) is 46.8 Å². The number of thiophene rings is 1. The zero-order valence-electron chi connectivity index (χ0n) is 16.6. The third-order valence-corrected chi connectivity index (χ3v) is 5.89. The second kappa shape index (κ2) is 9.55. The maximum Gasteiger partial charge on any atom is 0.228 e. The Balaban J connectivity index is 1.53. The van der Waals surface area contributed by atoms with Crippen molar-refractivity contribution in [2.75, 3.05) is 0 Å². The smallest absolute Gasteiger partial charge is 0.228 e. The Morgan fingerprint density at radius 1 is 0.867 bits per heavy atom. The minimum Gasteiger partial charge on any atom is -0.345 e. The van der Waals surface area contributed by atoms with Crippen molar-refractivity contribution < 1.29 is 9.18 Å². The van der Waals surface area contributed by atoms with Crippen LogP contribution in [0.5, 0.6) is 0 Å². The van der Waals surface area contributed by atoms with Crippen molar-refractivity contribution in [3.8, 4) is 0 Å². The third kappa shape index (κ3) is 5.24. The molecule has 4 rings (SSSR count). The molecule has 3 nitrogen and oxygen atoms in total. The van der Waals surface area contributed by atoms with Gasteiger partial charge in [0.25, 0.3) is 0 Å². The Bertz CT molecular complexity index is 1070. The van der Waals surface area contributed by atoms with E-state index in [-0.39, 0.29) is 11.7 Å². The molecule has 0 N–H and O–H groups in total. The molecule has 0 saturated heterocycles. The van der Waals surface area contributed by atoms with E-state index in [0.717, 1.165) is 21.7 Å². The summed E-state index contributed by atoms with van der Waals surface area (Å²) >= 11 is 1.61. The van der Waals surface area contributed by atoms with Gasteiger partial charge in [0.05, 0.1) is 13.0 Å². The summed E-state index contributed by atoms with van der Waals surface area (Å²) in [6.07, 6.45) is 2.41. The van der Waals surface area contributed by atoms with Crippen LogP contribution >= 0.6 is 11.3 Å². The van der Waals surface area contributed by atoms with E-state index in [1.165, 1.54) is 12.1 Å². The lowest BCUT2D eigenvalue weighted by atomic mass is 10.2. The van der Waals surface area contributed by atoms with Crippen molar-refractivity contribution in [2.45, 2.75) is 26.1 Å². The Morgan fingerprint density at radius 3 is 2.40 bits per heavy atom. The summed E-state index contributed by atoms with van der Waals surface area (Å²) in [7, 11) is 0. The monoisotopic (exact) mass is 418 g/mol. The third-order valence-electron chi connectivity index (χ3n) is 5.02. The molecule has 0 saturated carbocycles. The average Bonchev–Trinajstić information content (AvgIpc) is 3.42.